The minimum atomic E-state index is -0.458. The molecular formula is C15H11NO3. The lowest BCUT2D eigenvalue weighted by Crippen LogP contribution is -2.09. The zero-order valence-electron chi connectivity index (χ0n) is 9.96. The number of para-hydroxylation sites is 2. The van der Waals surface area contributed by atoms with Gasteiger partial charge in [0.15, 0.2) is 5.75 Å². The van der Waals surface area contributed by atoms with E-state index in [2.05, 4.69) is 4.98 Å². The summed E-state index contributed by atoms with van der Waals surface area (Å²) in [6.07, 6.45) is 0. The van der Waals surface area contributed by atoms with Gasteiger partial charge in [0.05, 0.1) is 5.52 Å². The number of fused-ring (bicyclic) bond motifs is 1. The molecule has 0 saturated carbocycles. The van der Waals surface area contributed by atoms with Gasteiger partial charge in [0, 0.05) is 5.39 Å². The van der Waals surface area contributed by atoms with Crippen LogP contribution in [0.3, 0.4) is 0 Å². The van der Waals surface area contributed by atoms with Gasteiger partial charge in [0.25, 0.3) is 5.56 Å². The fourth-order valence-corrected chi connectivity index (χ4v) is 1.91. The van der Waals surface area contributed by atoms with Crippen LogP contribution in [0.1, 0.15) is 0 Å². The number of aromatic hydroxyl groups is 1. The van der Waals surface area contributed by atoms with Gasteiger partial charge in [-0.15, -0.1) is 0 Å². The standard InChI is InChI=1S/C15H11NO3/c17-13-11-8-4-5-9-12(11)16-15(18)14(13)19-10-6-2-1-3-7-10/h1-9H,(H2,16,17,18). The molecule has 0 aliphatic carbocycles. The third-order valence-corrected chi connectivity index (χ3v) is 2.81. The molecule has 4 nitrogen and oxygen atoms in total. The van der Waals surface area contributed by atoms with E-state index in [1.807, 2.05) is 6.07 Å². The quantitative estimate of drug-likeness (QED) is 0.738. The molecule has 4 heteroatoms. The van der Waals surface area contributed by atoms with E-state index in [4.69, 9.17) is 4.74 Å². The number of benzene rings is 2. The maximum Gasteiger partial charge on any atom is 0.295 e. The summed E-state index contributed by atoms with van der Waals surface area (Å²) in [6.45, 7) is 0. The van der Waals surface area contributed by atoms with E-state index in [9.17, 15) is 9.90 Å². The summed E-state index contributed by atoms with van der Waals surface area (Å²) in [6, 6.07) is 15.9. The third kappa shape index (κ3) is 2.04. The maximum absolute atomic E-state index is 11.9. The second kappa shape index (κ2) is 4.49. The predicted molar refractivity (Wildman–Crippen MR) is 72.7 cm³/mol. The van der Waals surface area contributed by atoms with E-state index < -0.39 is 5.56 Å². The Bertz CT molecular complexity index is 778. The number of hydrogen-bond acceptors (Lipinski definition) is 3. The Labute approximate surface area is 108 Å². The van der Waals surface area contributed by atoms with E-state index in [0.29, 0.717) is 16.7 Å². The van der Waals surface area contributed by atoms with Crippen LogP contribution in [0.15, 0.2) is 59.4 Å². The Hall–Kier alpha value is -2.75. The average Bonchev–Trinajstić information content (AvgIpc) is 2.45. The van der Waals surface area contributed by atoms with Crippen LogP contribution in [0.4, 0.5) is 0 Å². The zero-order valence-corrected chi connectivity index (χ0v) is 9.96. The van der Waals surface area contributed by atoms with Gasteiger partial charge < -0.3 is 14.8 Å². The van der Waals surface area contributed by atoms with Crippen molar-refractivity contribution in [2.75, 3.05) is 0 Å². The molecule has 0 radical (unpaired) electrons. The van der Waals surface area contributed by atoms with E-state index in [0.717, 1.165) is 0 Å². The van der Waals surface area contributed by atoms with Gasteiger partial charge in [-0.1, -0.05) is 30.3 Å². The van der Waals surface area contributed by atoms with Gasteiger partial charge >= 0.3 is 0 Å². The molecule has 2 aromatic carbocycles. The highest BCUT2D eigenvalue weighted by atomic mass is 16.5. The summed E-state index contributed by atoms with van der Waals surface area (Å²) in [5.41, 5.74) is 0.116. The first kappa shape index (κ1) is 11.3. The zero-order chi connectivity index (χ0) is 13.2. The molecule has 0 aliphatic rings. The van der Waals surface area contributed by atoms with Crippen LogP contribution in [0.5, 0.6) is 17.2 Å². The SMILES string of the molecule is O=c1[nH]c2ccccc2c(O)c1Oc1ccccc1. The van der Waals surface area contributed by atoms with Crippen molar-refractivity contribution in [3.8, 4) is 17.2 Å². The fourth-order valence-electron chi connectivity index (χ4n) is 1.91. The molecule has 0 aliphatic heterocycles. The highest BCUT2D eigenvalue weighted by Crippen LogP contribution is 2.32. The van der Waals surface area contributed by atoms with Crippen LogP contribution < -0.4 is 10.3 Å². The number of ether oxygens (including phenoxy) is 1. The Morgan fingerprint density at radius 1 is 0.947 bits per heavy atom. The largest absolute Gasteiger partial charge is 0.504 e. The molecule has 0 spiro atoms. The van der Waals surface area contributed by atoms with Gasteiger partial charge in [-0.2, -0.15) is 0 Å². The molecule has 1 heterocycles. The molecule has 19 heavy (non-hydrogen) atoms. The summed E-state index contributed by atoms with van der Waals surface area (Å²) in [7, 11) is 0. The third-order valence-electron chi connectivity index (χ3n) is 2.81. The lowest BCUT2D eigenvalue weighted by molar-refractivity contribution is 0.410. The van der Waals surface area contributed by atoms with Crippen molar-refractivity contribution in [2.45, 2.75) is 0 Å². The maximum atomic E-state index is 11.9. The second-order valence-corrected chi connectivity index (χ2v) is 4.09. The van der Waals surface area contributed by atoms with Crippen LogP contribution >= 0.6 is 0 Å². The number of rotatable bonds is 2. The number of aromatic amines is 1. The van der Waals surface area contributed by atoms with Crippen LogP contribution in [0, 0.1) is 0 Å². The average molecular weight is 253 g/mol. The monoisotopic (exact) mass is 253 g/mol. The molecule has 2 N–H and O–H groups in total. The van der Waals surface area contributed by atoms with Crippen LogP contribution in [0.2, 0.25) is 0 Å². The minimum absolute atomic E-state index is 0.0927. The summed E-state index contributed by atoms with van der Waals surface area (Å²) in [4.78, 5) is 14.6. The predicted octanol–water partition coefficient (Wildman–Crippen LogP) is 3.03. The number of pyridine rings is 1. The van der Waals surface area contributed by atoms with E-state index in [1.54, 1.807) is 48.5 Å². The van der Waals surface area contributed by atoms with Gasteiger partial charge in [-0.25, -0.2) is 0 Å². The fraction of sp³-hybridized carbons (Fsp3) is 0. The molecule has 0 amide bonds. The van der Waals surface area contributed by atoms with Crippen molar-refractivity contribution in [1.29, 1.82) is 0 Å². The Morgan fingerprint density at radius 2 is 1.63 bits per heavy atom. The molecule has 0 atom stereocenters. The molecule has 0 fully saturated rings. The lowest BCUT2D eigenvalue weighted by Gasteiger charge is -2.08. The highest BCUT2D eigenvalue weighted by Gasteiger charge is 2.13. The van der Waals surface area contributed by atoms with E-state index >= 15 is 0 Å². The van der Waals surface area contributed by atoms with Gasteiger partial charge in [0.1, 0.15) is 5.75 Å². The van der Waals surface area contributed by atoms with E-state index in [-0.39, 0.29) is 11.5 Å². The first-order chi connectivity index (χ1) is 9.25. The molecule has 0 saturated heterocycles. The molecule has 94 valence electrons. The second-order valence-electron chi connectivity index (χ2n) is 4.09. The minimum Gasteiger partial charge on any atom is -0.504 e. The number of nitrogens with one attached hydrogen (secondary N) is 1. The van der Waals surface area contributed by atoms with Crippen LogP contribution in [-0.4, -0.2) is 10.1 Å². The van der Waals surface area contributed by atoms with Crippen molar-refractivity contribution < 1.29 is 9.84 Å². The Morgan fingerprint density at radius 3 is 2.42 bits per heavy atom. The first-order valence-corrected chi connectivity index (χ1v) is 5.82. The molecule has 0 unspecified atom stereocenters. The highest BCUT2D eigenvalue weighted by molar-refractivity contribution is 5.86. The van der Waals surface area contributed by atoms with Crippen LogP contribution in [0.25, 0.3) is 10.9 Å². The molecule has 3 aromatic rings. The van der Waals surface area contributed by atoms with Crippen molar-refractivity contribution in [3.63, 3.8) is 0 Å². The van der Waals surface area contributed by atoms with Gasteiger partial charge in [-0.3, -0.25) is 4.79 Å². The Balaban J connectivity index is 2.16. The molecule has 0 bridgehead atoms. The normalized spacial score (nSPS) is 10.5. The van der Waals surface area contributed by atoms with Gasteiger partial charge in [-0.05, 0) is 24.3 Å². The summed E-state index contributed by atoms with van der Waals surface area (Å²) >= 11 is 0. The van der Waals surface area contributed by atoms with Crippen molar-refractivity contribution in [3.05, 3.63) is 65.0 Å². The molecular weight excluding hydrogens is 242 g/mol. The molecule has 1 aromatic heterocycles. The molecule has 3 rings (SSSR count). The van der Waals surface area contributed by atoms with Crippen molar-refractivity contribution >= 4 is 10.9 Å². The number of aromatic nitrogens is 1. The summed E-state index contributed by atoms with van der Waals surface area (Å²) in [5, 5.41) is 10.7. The van der Waals surface area contributed by atoms with Crippen LogP contribution in [-0.2, 0) is 0 Å². The smallest absolute Gasteiger partial charge is 0.295 e. The van der Waals surface area contributed by atoms with Crippen molar-refractivity contribution in [1.82, 2.24) is 4.98 Å². The van der Waals surface area contributed by atoms with Crippen molar-refractivity contribution in [2.24, 2.45) is 0 Å². The lowest BCUT2D eigenvalue weighted by atomic mass is 10.2. The van der Waals surface area contributed by atoms with Gasteiger partial charge in [0.2, 0.25) is 5.75 Å². The van der Waals surface area contributed by atoms with E-state index in [1.165, 1.54) is 0 Å². The Kier molecular flexibility index (Phi) is 2.68. The summed E-state index contributed by atoms with van der Waals surface area (Å²) in [5.74, 6) is 0.256. The topological polar surface area (TPSA) is 62.3 Å². The first-order valence-electron chi connectivity index (χ1n) is 5.82. The number of H-pyrrole nitrogens is 1. The summed E-state index contributed by atoms with van der Waals surface area (Å²) < 4.78 is 5.45. The number of hydrogen-bond donors (Lipinski definition) is 2.